The summed E-state index contributed by atoms with van der Waals surface area (Å²) in [5, 5.41) is 4.56. The van der Waals surface area contributed by atoms with Crippen molar-refractivity contribution in [3.63, 3.8) is 0 Å². The Labute approximate surface area is 175 Å². The van der Waals surface area contributed by atoms with Crippen molar-refractivity contribution in [2.24, 2.45) is 0 Å². The summed E-state index contributed by atoms with van der Waals surface area (Å²) < 4.78 is 52.4. The van der Waals surface area contributed by atoms with Gasteiger partial charge in [0.15, 0.2) is 0 Å². The molecule has 3 rings (SSSR count). The molecule has 3 aromatic rings. The summed E-state index contributed by atoms with van der Waals surface area (Å²) >= 11 is 1.84. The molecule has 0 fully saturated rings. The molecule has 0 saturated carbocycles. The Balaban J connectivity index is 1.68. The number of nitrogens with one attached hydrogen (secondary N) is 2. The van der Waals surface area contributed by atoms with Crippen LogP contribution < -0.4 is 10.0 Å². The molecular weight excluding hydrogens is 438 g/mol. The van der Waals surface area contributed by atoms with Crippen molar-refractivity contribution in [3.05, 3.63) is 70.9 Å². The zero-order valence-electron chi connectivity index (χ0n) is 14.8. The summed E-state index contributed by atoms with van der Waals surface area (Å²) in [5.74, 6) is -2.79. The molecule has 1 heterocycles. The van der Waals surface area contributed by atoms with Gasteiger partial charge in [0.05, 0.1) is 11.3 Å². The summed E-state index contributed by atoms with van der Waals surface area (Å²) in [7, 11) is -3.91. The molecule has 29 heavy (non-hydrogen) atoms. The van der Waals surface area contributed by atoms with Gasteiger partial charge in [-0.2, -0.15) is 8.78 Å². The molecule has 0 bridgehead atoms. The van der Waals surface area contributed by atoms with Gasteiger partial charge in [0.25, 0.3) is 15.8 Å². The zero-order valence-corrected chi connectivity index (χ0v) is 17.3. The third-order valence-electron chi connectivity index (χ3n) is 3.67. The number of benzene rings is 2. The van der Waals surface area contributed by atoms with Crippen LogP contribution in [0.5, 0.6) is 0 Å². The van der Waals surface area contributed by atoms with Gasteiger partial charge in [0.2, 0.25) is 5.91 Å². The van der Waals surface area contributed by atoms with Crippen LogP contribution in [0.2, 0.25) is 0 Å². The minimum absolute atomic E-state index is 0.0301. The third kappa shape index (κ3) is 6.28. The van der Waals surface area contributed by atoms with E-state index in [0.29, 0.717) is 22.3 Å². The molecule has 152 valence electrons. The van der Waals surface area contributed by atoms with Crippen LogP contribution in [0, 0.1) is 0 Å². The number of alkyl halides is 2. The predicted octanol–water partition coefficient (Wildman–Crippen LogP) is 5.04. The Kier molecular flexibility index (Phi) is 6.88. The number of thioether (sulfide) groups is 1. The Morgan fingerprint density at radius 3 is 2.45 bits per heavy atom. The highest BCUT2D eigenvalue weighted by Crippen LogP contribution is 2.27. The van der Waals surface area contributed by atoms with Gasteiger partial charge in [-0.05, 0) is 53.9 Å². The molecule has 0 atom stereocenters. The van der Waals surface area contributed by atoms with Gasteiger partial charge < -0.3 is 5.32 Å². The SMILES string of the molecule is O=C(Cc1cccs1)Nc1cccc(S(=O)(=O)Nc2ccc(SC(F)F)cc2)c1. The van der Waals surface area contributed by atoms with E-state index in [1.807, 2.05) is 17.5 Å². The van der Waals surface area contributed by atoms with Gasteiger partial charge in [0, 0.05) is 21.1 Å². The molecule has 0 radical (unpaired) electrons. The Morgan fingerprint density at radius 2 is 1.79 bits per heavy atom. The summed E-state index contributed by atoms with van der Waals surface area (Å²) in [5.41, 5.74) is 0.605. The molecule has 0 saturated heterocycles. The fraction of sp³-hybridized carbons (Fsp3) is 0.105. The second kappa shape index (κ2) is 9.38. The second-order valence-corrected chi connectivity index (χ2v) is 9.62. The van der Waals surface area contributed by atoms with E-state index in [1.165, 1.54) is 53.8 Å². The molecular formula is C19H16F2N2O3S3. The topological polar surface area (TPSA) is 75.3 Å². The highest BCUT2D eigenvalue weighted by molar-refractivity contribution is 7.99. The second-order valence-electron chi connectivity index (χ2n) is 5.84. The van der Waals surface area contributed by atoms with Gasteiger partial charge in [0.1, 0.15) is 0 Å². The maximum absolute atomic E-state index is 12.6. The van der Waals surface area contributed by atoms with Gasteiger partial charge in [-0.1, -0.05) is 23.9 Å². The third-order valence-corrected chi connectivity index (χ3v) is 6.65. The van der Waals surface area contributed by atoms with Gasteiger partial charge in [-0.3, -0.25) is 9.52 Å². The van der Waals surface area contributed by atoms with E-state index in [4.69, 9.17) is 0 Å². The van der Waals surface area contributed by atoms with Crippen LogP contribution in [0.25, 0.3) is 0 Å². The lowest BCUT2D eigenvalue weighted by Gasteiger charge is -2.11. The number of thiophene rings is 1. The molecule has 2 N–H and O–H groups in total. The number of halogens is 2. The molecule has 0 unspecified atom stereocenters. The molecule has 1 amide bonds. The van der Waals surface area contributed by atoms with Crippen LogP contribution in [0.4, 0.5) is 20.2 Å². The molecule has 2 aromatic carbocycles. The fourth-order valence-corrected chi connectivity index (χ4v) is 4.74. The van der Waals surface area contributed by atoms with Crippen molar-refractivity contribution >= 4 is 50.4 Å². The lowest BCUT2D eigenvalue weighted by Crippen LogP contribution is -2.16. The summed E-state index contributed by atoms with van der Waals surface area (Å²) in [6.45, 7) is 0. The highest BCUT2D eigenvalue weighted by atomic mass is 32.2. The molecule has 5 nitrogen and oxygen atoms in total. The lowest BCUT2D eigenvalue weighted by atomic mass is 10.3. The van der Waals surface area contributed by atoms with E-state index < -0.39 is 15.8 Å². The van der Waals surface area contributed by atoms with E-state index in [9.17, 15) is 22.0 Å². The number of anilines is 2. The van der Waals surface area contributed by atoms with Crippen molar-refractivity contribution in [1.29, 1.82) is 0 Å². The maximum atomic E-state index is 12.6. The first kappa shape index (κ1) is 21.3. The predicted molar refractivity (Wildman–Crippen MR) is 112 cm³/mol. The summed E-state index contributed by atoms with van der Waals surface area (Å²) in [6, 6.07) is 15.2. The van der Waals surface area contributed by atoms with E-state index in [1.54, 1.807) is 6.07 Å². The fourth-order valence-electron chi connectivity index (χ4n) is 2.44. The van der Waals surface area contributed by atoms with Crippen molar-refractivity contribution in [2.45, 2.75) is 22.0 Å². The standard InChI is InChI=1S/C19H16F2N2O3S3/c20-19(21)28-15-8-6-13(7-9-15)23-29(25,26)17-5-1-3-14(11-17)22-18(24)12-16-4-2-10-27-16/h1-11,19,23H,12H2,(H,22,24). The Hall–Kier alpha value is -2.43. The monoisotopic (exact) mass is 454 g/mol. The lowest BCUT2D eigenvalue weighted by molar-refractivity contribution is -0.115. The van der Waals surface area contributed by atoms with Crippen LogP contribution in [0.1, 0.15) is 4.88 Å². The number of hydrogen-bond donors (Lipinski definition) is 2. The van der Waals surface area contributed by atoms with E-state index in [2.05, 4.69) is 10.0 Å². The molecule has 10 heteroatoms. The molecule has 0 spiro atoms. The largest absolute Gasteiger partial charge is 0.326 e. The molecule has 0 aliphatic heterocycles. The number of hydrogen-bond acceptors (Lipinski definition) is 5. The van der Waals surface area contributed by atoms with Gasteiger partial charge in [-0.25, -0.2) is 8.42 Å². The van der Waals surface area contributed by atoms with Gasteiger partial charge in [-0.15, -0.1) is 11.3 Å². The smallest absolute Gasteiger partial charge is 0.288 e. The molecule has 1 aromatic heterocycles. The number of carbonyl (C=O) groups is 1. The minimum atomic E-state index is -3.91. The van der Waals surface area contributed by atoms with Gasteiger partial charge >= 0.3 is 0 Å². The molecule has 0 aliphatic carbocycles. The molecule has 0 aliphatic rings. The quantitative estimate of drug-likeness (QED) is 0.468. The average molecular weight is 455 g/mol. The van der Waals surface area contributed by atoms with E-state index >= 15 is 0 Å². The van der Waals surface area contributed by atoms with E-state index in [-0.39, 0.29) is 22.9 Å². The van der Waals surface area contributed by atoms with Crippen molar-refractivity contribution < 1.29 is 22.0 Å². The van der Waals surface area contributed by atoms with Crippen molar-refractivity contribution in [3.8, 4) is 0 Å². The minimum Gasteiger partial charge on any atom is -0.326 e. The summed E-state index contributed by atoms with van der Waals surface area (Å²) in [6.07, 6.45) is 0.204. The maximum Gasteiger partial charge on any atom is 0.288 e. The Bertz CT molecular complexity index is 1070. The van der Waals surface area contributed by atoms with Crippen molar-refractivity contribution in [1.82, 2.24) is 0 Å². The van der Waals surface area contributed by atoms with Crippen LogP contribution in [-0.4, -0.2) is 20.1 Å². The van der Waals surface area contributed by atoms with Crippen LogP contribution >= 0.6 is 23.1 Å². The van der Waals surface area contributed by atoms with Crippen molar-refractivity contribution in [2.75, 3.05) is 10.0 Å². The first-order valence-corrected chi connectivity index (χ1v) is 11.6. The summed E-state index contributed by atoms with van der Waals surface area (Å²) in [4.78, 5) is 13.3. The number of carbonyl (C=O) groups excluding carboxylic acids is 1. The average Bonchev–Trinajstić information content (AvgIpc) is 3.16. The van der Waals surface area contributed by atoms with Crippen LogP contribution in [0.3, 0.4) is 0 Å². The van der Waals surface area contributed by atoms with Crippen LogP contribution in [-0.2, 0) is 21.2 Å². The highest BCUT2D eigenvalue weighted by Gasteiger charge is 2.16. The Morgan fingerprint density at radius 1 is 1.03 bits per heavy atom. The zero-order chi connectivity index (χ0) is 20.9. The first-order chi connectivity index (χ1) is 13.8. The van der Waals surface area contributed by atoms with Crippen LogP contribution in [0.15, 0.2) is 75.8 Å². The first-order valence-electron chi connectivity index (χ1n) is 8.32. The number of rotatable bonds is 8. The number of sulfonamides is 1. The normalized spacial score (nSPS) is 11.4. The number of amides is 1. The van der Waals surface area contributed by atoms with E-state index in [0.717, 1.165) is 4.88 Å².